The van der Waals surface area contributed by atoms with Crippen LogP contribution in [0.15, 0.2) is 78.9 Å². The van der Waals surface area contributed by atoms with Gasteiger partial charge in [-0.1, -0.05) is 50.2 Å². The van der Waals surface area contributed by atoms with Crippen LogP contribution < -0.4 is 15.0 Å². The molecular weight excluding hydrogens is 376 g/mol. The maximum Gasteiger partial charge on any atom is 0.262 e. The Morgan fingerprint density at radius 2 is 1.53 bits per heavy atom. The van der Waals surface area contributed by atoms with Crippen molar-refractivity contribution in [3.8, 4) is 5.75 Å². The van der Waals surface area contributed by atoms with E-state index < -0.39 is 0 Å². The predicted molar refractivity (Wildman–Crippen MR) is 120 cm³/mol. The van der Waals surface area contributed by atoms with Gasteiger partial charge in [0.15, 0.2) is 6.61 Å². The van der Waals surface area contributed by atoms with E-state index in [4.69, 9.17) is 4.74 Å². The van der Waals surface area contributed by atoms with Crippen molar-refractivity contribution >= 4 is 23.2 Å². The minimum absolute atomic E-state index is 0.0822. The number of nitrogens with zero attached hydrogens (tertiary/aromatic N) is 1. The van der Waals surface area contributed by atoms with Crippen LogP contribution in [0.1, 0.15) is 35.7 Å². The minimum atomic E-state index is -0.256. The van der Waals surface area contributed by atoms with Gasteiger partial charge >= 0.3 is 0 Å². The van der Waals surface area contributed by atoms with Crippen LogP contribution in [-0.2, 0) is 4.79 Å². The van der Waals surface area contributed by atoms with Crippen molar-refractivity contribution in [1.82, 2.24) is 0 Å². The number of anilines is 2. The molecule has 3 aromatic rings. The summed E-state index contributed by atoms with van der Waals surface area (Å²) in [6, 6.07) is 24.0. The molecule has 0 spiro atoms. The Balaban J connectivity index is 1.58. The van der Waals surface area contributed by atoms with Crippen LogP contribution in [0.4, 0.5) is 11.4 Å². The Hall–Kier alpha value is -3.60. The van der Waals surface area contributed by atoms with Crippen molar-refractivity contribution in [2.24, 2.45) is 0 Å². The SMILES string of the molecule is CC(C)c1ccccc1OCC(=O)Nc1ccc(C(=O)N(C)c2ccccc2)cc1. The average Bonchev–Trinajstić information content (AvgIpc) is 2.78. The van der Waals surface area contributed by atoms with E-state index in [0.717, 1.165) is 11.3 Å². The van der Waals surface area contributed by atoms with Crippen molar-refractivity contribution in [3.63, 3.8) is 0 Å². The molecule has 0 saturated carbocycles. The molecule has 0 aromatic heterocycles. The molecule has 0 unspecified atom stereocenters. The van der Waals surface area contributed by atoms with E-state index in [0.29, 0.717) is 22.9 Å². The molecule has 0 radical (unpaired) electrons. The normalized spacial score (nSPS) is 10.5. The van der Waals surface area contributed by atoms with Crippen molar-refractivity contribution in [2.45, 2.75) is 19.8 Å². The van der Waals surface area contributed by atoms with Gasteiger partial charge in [-0.05, 0) is 53.9 Å². The molecule has 5 nitrogen and oxygen atoms in total. The number of rotatable bonds is 7. The summed E-state index contributed by atoms with van der Waals surface area (Å²) < 4.78 is 5.70. The van der Waals surface area contributed by atoms with Gasteiger partial charge in [-0.2, -0.15) is 0 Å². The summed E-state index contributed by atoms with van der Waals surface area (Å²) in [4.78, 5) is 26.5. The minimum Gasteiger partial charge on any atom is -0.483 e. The number of carbonyl (C=O) groups is 2. The fraction of sp³-hybridized carbons (Fsp3) is 0.200. The average molecular weight is 402 g/mol. The highest BCUT2D eigenvalue weighted by molar-refractivity contribution is 6.06. The molecule has 0 aliphatic rings. The Morgan fingerprint density at radius 3 is 2.20 bits per heavy atom. The van der Waals surface area contributed by atoms with E-state index in [1.54, 1.807) is 36.2 Å². The summed E-state index contributed by atoms with van der Waals surface area (Å²) in [5.41, 5.74) is 3.04. The van der Waals surface area contributed by atoms with Crippen molar-refractivity contribution in [3.05, 3.63) is 90.0 Å². The summed E-state index contributed by atoms with van der Waals surface area (Å²) in [7, 11) is 1.74. The zero-order valence-electron chi connectivity index (χ0n) is 17.5. The second-order valence-electron chi connectivity index (χ2n) is 7.31. The second kappa shape index (κ2) is 9.74. The highest BCUT2D eigenvalue weighted by atomic mass is 16.5. The molecule has 154 valence electrons. The zero-order chi connectivity index (χ0) is 21.5. The third-order valence-electron chi connectivity index (χ3n) is 4.76. The predicted octanol–water partition coefficient (Wildman–Crippen LogP) is 5.10. The fourth-order valence-corrected chi connectivity index (χ4v) is 3.09. The first-order valence-corrected chi connectivity index (χ1v) is 9.90. The van der Waals surface area contributed by atoms with Gasteiger partial charge in [0.1, 0.15) is 5.75 Å². The maximum atomic E-state index is 12.6. The molecule has 0 saturated heterocycles. The Kier molecular flexibility index (Phi) is 6.86. The molecule has 3 aromatic carbocycles. The number of ether oxygens (including phenoxy) is 1. The van der Waals surface area contributed by atoms with Crippen LogP contribution in [-0.4, -0.2) is 25.5 Å². The van der Waals surface area contributed by atoms with E-state index >= 15 is 0 Å². The number of hydrogen-bond donors (Lipinski definition) is 1. The number of hydrogen-bond acceptors (Lipinski definition) is 3. The summed E-state index contributed by atoms with van der Waals surface area (Å²) in [5.74, 6) is 0.651. The van der Waals surface area contributed by atoms with Gasteiger partial charge in [-0.25, -0.2) is 0 Å². The zero-order valence-corrected chi connectivity index (χ0v) is 17.5. The number of amides is 2. The van der Waals surface area contributed by atoms with Crippen LogP contribution in [0, 0.1) is 0 Å². The molecule has 2 amide bonds. The highest BCUT2D eigenvalue weighted by Gasteiger charge is 2.14. The standard InChI is InChI=1S/C25H26N2O3/c1-18(2)22-11-7-8-12-23(22)30-17-24(28)26-20-15-13-19(14-16-20)25(29)27(3)21-9-5-4-6-10-21/h4-16,18H,17H2,1-3H3,(H,26,28). The quantitative estimate of drug-likeness (QED) is 0.598. The van der Waals surface area contributed by atoms with Gasteiger partial charge in [-0.3, -0.25) is 9.59 Å². The number of carbonyl (C=O) groups excluding carboxylic acids is 2. The van der Waals surface area contributed by atoms with E-state index in [1.807, 2.05) is 54.6 Å². The molecule has 0 aliphatic heterocycles. The third kappa shape index (κ3) is 5.26. The summed E-state index contributed by atoms with van der Waals surface area (Å²) in [6.07, 6.45) is 0. The van der Waals surface area contributed by atoms with Crippen LogP contribution in [0.5, 0.6) is 5.75 Å². The lowest BCUT2D eigenvalue weighted by Gasteiger charge is -2.17. The lowest BCUT2D eigenvalue weighted by atomic mass is 10.0. The van der Waals surface area contributed by atoms with E-state index in [2.05, 4.69) is 19.2 Å². The molecule has 0 bridgehead atoms. The highest BCUT2D eigenvalue weighted by Crippen LogP contribution is 2.25. The molecule has 0 fully saturated rings. The molecule has 0 aliphatic carbocycles. The molecule has 30 heavy (non-hydrogen) atoms. The van der Waals surface area contributed by atoms with E-state index in [-0.39, 0.29) is 18.4 Å². The molecule has 0 atom stereocenters. The Morgan fingerprint density at radius 1 is 0.900 bits per heavy atom. The second-order valence-corrected chi connectivity index (χ2v) is 7.31. The number of para-hydroxylation sites is 2. The van der Waals surface area contributed by atoms with Gasteiger partial charge in [-0.15, -0.1) is 0 Å². The van der Waals surface area contributed by atoms with Crippen LogP contribution in [0.2, 0.25) is 0 Å². The number of benzene rings is 3. The molecule has 5 heteroatoms. The van der Waals surface area contributed by atoms with Crippen LogP contribution in [0.25, 0.3) is 0 Å². The van der Waals surface area contributed by atoms with E-state index in [9.17, 15) is 9.59 Å². The van der Waals surface area contributed by atoms with Crippen LogP contribution >= 0.6 is 0 Å². The lowest BCUT2D eigenvalue weighted by Crippen LogP contribution is -2.26. The monoisotopic (exact) mass is 402 g/mol. The fourth-order valence-electron chi connectivity index (χ4n) is 3.09. The Labute approximate surface area is 177 Å². The topological polar surface area (TPSA) is 58.6 Å². The van der Waals surface area contributed by atoms with Crippen molar-refractivity contribution in [2.75, 3.05) is 23.9 Å². The molecule has 1 N–H and O–H groups in total. The van der Waals surface area contributed by atoms with Crippen LogP contribution in [0.3, 0.4) is 0 Å². The molecule has 0 heterocycles. The molecule has 3 rings (SSSR count). The first-order chi connectivity index (χ1) is 14.5. The van der Waals surface area contributed by atoms with Gasteiger partial charge in [0.25, 0.3) is 11.8 Å². The van der Waals surface area contributed by atoms with Gasteiger partial charge < -0.3 is 15.0 Å². The van der Waals surface area contributed by atoms with Gasteiger partial charge in [0.05, 0.1) is 0 Å². The van der Waals surface area contributed by atoms with Crippen molar-refractivity contribution in [1.29, 1.82) is 0 Å². The number of nitrogens with one attached hydrogen (secondary N) is 1. The third-order valence-corrected chi connectivity index (χ3v) is 4.76. The first-order valence-electron chi connectivity index (χ1n) is 9.90. The smallest absolute Gasteiger partial charge is 0.262 e. The van der Waals surface area contributed by atoms with E-state index in [1.165, 1.54) is 0 Å². The largest absolute Gasteiger partial charge is 0.483 e. The van der Waals surface area contributed by atoms with Gasteiger partial charge in [0, 0.05) is 24.0 Å². The summed E-state index contributed by atoms with van der Waals surface area (Å²) >= 11 is 0. The maximum absolute atomic E-state index is 12.6. The van der Waals surface area contributed by atoms with Gasteiger partial charge in [0.2, 0.25) is 0 Å². The summed E-state index contributed by atoms with van der Waals surface area (Å²) in [6.45, 7) is 4.09. The lowest BCUT2D eigenvalue weighted by molar-refractivity contribution is -0.118. The molecular formula is C25H26N2O3. The summed E-state index contributed by atoms with van der Waals surface area (Å²) in [5, 5.41) is 2.80. The Bertz CT molecular complexity index is 998. The van der Waals surface area contributed by atoms with Crippen molar-refractivity contribution < 1.29 is 14.3 Å². The first kappa shape index (κ1) is 21.1.